The van der Waals surface area contributed by atoms with Gasteiger partial charge in [0, 0.05) is 37.6 Å². The van der Waals surface area contributed by atoms with Crippen molar-refractivity contribution in [3.63, 3.8) is 0 Å². The first-order valence-electron chi connectivity index (χ1n) is 11.0. The van der Waals surface area contributed by atoms with Crippen LogP contribution in [0.15, 0.2) is 84.0 Å². The van der Waals surface area contributed by atoms with Crippen LogP contribution in [0.2, 0.25) is 0 Å². The van der Waals surface area contributed by atoms with E-state index < -0.39 is 21.8 Å². The first-order valence-corrected chi connectivity index (χ1v) is 12.5. The number of halogens is 1. The maximum Gasteiger partial charge on any atom is 0.264 e. The van der Waals surface area contributed by atoms with Crippen molar-refractivity contribution in [2.75, 3.05) is 10.6 Å². The van der Waals surface area contributed by atoms with E-state index in [9.17, 15) is 22.8 Å². The quantitative estimate of drug-likeness (QED) is 0.230. The van der Waals surface area contributed by atoms with Crippen molar-refractivity contribution in [2.24, 2.45) is 0 Å². The van der Waals surface area contributed by atoms with Crippen LogP contribution in [0.25, 0.3) is 0 Å². The molecule has 0 radical (unpaired) electrons. The molecule has 3 aromatic rings. The molecule has 3 N–H and O–H groups in total. The van der Waals surface area contributed by atoms with Crippen LogP contribution >= 0.6 is 0 Å². The molecule has 0 saturated carbocycles. The molecule has 3 rings (SSSR count). The fourth-order valence-corrected chi connectivity index (χ4v) is 4.32. The summed E-state index contributed by atoms with van der Waals surface area (Å²) in [5.74, 6) is -1.34. The zero-order valence-electron chi connectivity index (χ0n) is 19.6. The summed E-state index contributed by atoms with van der Waals surface area (Å²) in [6, 6.07) is 17.9. The maximum absolute atomic E-state index is 12.8. The van der Waals surface area contributed by atoms with E-state index in [1.165, 1.54) is 24.3 Å². The van der Waals surface area contributed by atoms with E-state index in [2.05, 4.69) is 15.2 Å². The number of amides is 3. The highest BCUT2D eigenvalue weighted by Gasteiger charge is 2.17. The van der Waals surface area contributed by atoms with Gasteiger partial charge in [-0.1, -0.05) is 18.2 Å². The Kier molecular flexibility index (Phi) is 10.8. The molecule has 0 fully saturated rings. The summed E-state index contributed by atoms with van der Waals surface area (Å²) in [5, 5.41) is 5.48. The lowest BCUT2D eigenvalue weighted by molar-refractivity contribution is -0.697. The lowest BCUT2D eigenvalue weighted by Gasteiger charge is -2.12. The van der Waals surface area contributed by atoms with Crippen LogP contribution in [0.5, 0.6) is 0 Å². The Morgan fingerprint density at radius 3 is 2.17 bits per heavy atom. The molecular formula is C25H27BrN4O5S. The van der Waals surface area contributed by atoms with Crippen molar-refractivity contribution >= 4 is 39.1 Å². The number of hydrogen-bond acceptors (Lipinski definition) is 5. The molecule has 1 heterocycles. The third-order valence-electron chi connectivity index (χ3n) is 4.99. The molecule has 0 unspecified atom stereocenters. The summed E-state index contributed by atoms with van der Waals surface area (Å²) in [6.07, 6.45) is 5.83. The van der Waals surface area contributed by atoms with Gasteiger partial charge >= 0.3 is 0 Å². The number of unbranched alkanes of at least 4 members (excludes halogenated alkanes) is 1. The van der Waals surface area contributed by atoms with Gasteiger partial charge in [0.1, 0.15) is 6.54 Å². The number of aryl methyl sites for hydroxylation is 1. The number of anilines is 2. The molecule has 36 heavy (non-hydrogen) atoms. The lowest BCUT2D eigenvalue weighted by Crippen LogP contribution is -3.00. The molecule has 0 aliphatic carbocycles. The minimum absolute atomic E-state index is 0. The van der Waals surface area contributed by atoms with Crippen LogP contribution in [0.3, 0.4) is 0 Å². The number of carbonyl (C=O) groups excluding carboxylic acids is 3. The van der Waals surface area contributed by atoms with Crippen molar-refractivity contribution in [1.82, 2.24) is 4.72 Å². The molecule has 3 amide bonds. The molecule has 0 aliphatic rings. The Labute approximate surface area is 220 Å². The van der Waals surface area contributed by atoms with Gasteiger partial charge in [0.2, 0.25) is 11.8 Å². The molecule has 0 atom stereocenters. The summed E-state index contributed by atoms with van der Waals surface area (Å²) < 4.78 is 28.0. The standard InChI is InChI=1S/C25H26N4O5S.BrH/c1-19(30)28-35(33,34)21-14-12-20(13-15-21)26-25(32)22-9-3-4-10-23(22)27-24(31)11-5-8-18-29-16-6-2-7-17-29;/h2-4,6-7,9-10,12-17H,5,8,11,18H2,1H3,(H2-,26,27,28,30,31,32);1H. The molecule has 190 valence electrons. The monoisotopic (exact) mass is 574 g/mol. The summed E-state index contributed by atoms with van der Waals surface area (Å²) in [7, 11) is -3.96. The number of para-hydroxylation sites is 1. The van der Waals surface area contributed by atoms with Gasteiger partial charge in [-0.15, -0.1) is 0 Å². The largest absolute Gasteiger partial charge is 1.00 e. The molecule has 11 heteroatoms. The molecule has 2 aromatic carbocycles. The topological polar surface area (TPSA) is 125 Å². The Bertz CT molecular complexity index is 1300. The Morgan fingerprint density at radius 2 is 1.50 bits per heavy atom. The zero-order valence-corrected chi connectivity index (χ0v) is 22.0. The first kappa shape index (κ1) is 28.7. The molecule has 0 spiro atoms. The van der Waals surface area contributed by atoms with Gasteiger partial charge in [0.05, 0.1) is 16.1 Å². The van der Waals surface area contributed by atoms with Gasteiger partial charge in [-0.25, -0.2) is 17.7 Å². The van der Waals surface area contributed by atoms with Crippen LogP contribution in [-0.4, -0.2) is 26.1 Å². The average molecular weight is 575 g/mol. The fraction of sp³-hybridized carbons (Fsp3) is 0.200. The highest BCUT2D eigenvalue weighted by atomic mass is 79.9. The van der Waals surface area contributed by atoms with Gasteiger partial charge < -0.3 is 27.6 Å². The van der Waals surface area contributed by atoms with Crippen LogP contribution in [0.1, 0.15) is 36.5 Å². The molecule has 0 bridgehead atoms. The second-order valence-electron chi connectivity index (χ2n) is 7.80. The number of pyridine rings is 1. The second-order valence-corrected chi connectivity index (χ2v) is 9.49. The van der Waals surface area contributed by atoms with E-state index >= 15 is 0 Å². The molecule has 9 nitrogen and oxygen atoms in total. The van der Waals surface area contributed by atoms with Crippen molar-refractivity contribution in [3.8, 4) is 0 Å². The van der Waals surface area contributed by atoms with E-state index in [0.29, 0.717) is 24.2 Å². The number of carbonyl (C=O) groups is 3. The Morgan fingerprint density at radius 1 is 0.833 bits per heavy atom. The van der Waals surface area contributed by atoms with Crippen molar-refractivity contribution < 1.29 is 44.3 Å². The number of rotatable bonds is 10. The van der Waals surface area contributed by atoms with Crippen molar-refractivity contribution in [2.45, 2.75) is 37.6 Å². The van der Waals surface area contributed by atoms with E-state index in [4.69, 9.17) is 0 Å². The summed E-state index contributed by atoms with van der Waals surface area (Å²) in [4.78, 5) is 36.2. The minimum atomic E-state index is -3.96. The van der Waals surface area contributed by atoms with Crippen molar-refractivity contribution in [1.29, 1.82) is 0 Å². The summed E-state index contributed by atoms with van der Waals surface area (Å²) in [5.41, 5.74) is 1.02. The predicted octanol–water partition coefficient (Wildman–Crippen LogP) is -0.136. The van der Waals surface area contributed by atoms with Crippen molar-refractivity contribution in [3.05, 3.63) is 84.7 Å². The number of nitrogens with zero attached hydrogens (tertiary/aromatic N) is 1. The lowest BCUT2D eigenvalue weighted by atomic mass is 10.1. The van der Waals surface area contributed by atoms with E-state index in [1.54, 1.807) is 24.3 Å². The highest BCUT2D eigenvalue weighted by molar-refractivity contribution is 7.90. The SMILES string of the molecule is CC(=O)NS(=O)(=O)c1ccc(NC(=O)c2ccccc2NC(=O)CCCC[n+]2ccccc2)cc1.[Br-]. The van der Waals surface area contributed by atoms with E-state index in [1.807, 2.05) is 35.3 Å². The van der Waals surface area contributed by atoms with Crippen LogP contribution in [0.4, 0.5) is 11.4 Å². The number of benzene rings is 2. The fourth-order valence-electron chi connectivity index (χ4n) is 3.33. The summed E-state index contributed by atoms with van der Waals surface area (Å²) >= 11 is 0. The Hall–Kier alpha value is -3.57. The zero-order chi connectivity index (χ0) is 25.3. The molecule has 1 aromatic heterocycles. The number of aromatic nitrogens is 1. The highest BCUT2D eigenvalue weighted by Crippen LogP contribution is 2.19. The van der Waals surface area contributed by atoms with E-state index in [0.717, 1.165) is 19.9 Å². The molecular weight excluding hydrogens is 548 g/mol. The first-order chi connectivity index (χ1) is 16.7. The van der Waals surface area contributed by atoms with Gasteiger partial charge in [0.15, 0.2) is 12.4 Å². The van der Waals surface area contributed by atoms with Crippen LogP contribution in [-0.2, 0) is 26.2 Å². The van der Waals surface area contributed by atoms with Gasteiger partial charge in [-0.2, -0.15) is 0 Å². The smallest absolute Gasteiger partial charge is 0.264 e. The number of hydrogen-bond donors (Lipinski definition) is 3. The molecule has 0 saturated heterocycles. The van der Waals surface area contributed by atoms with Crippen LogP contribution < -0.4 is 36.9 Å². The third-order valence-corrected chi connectivity index (χ3v) is 6.44. The van der Waals surface area contributed by atoms with E-state index in [-0.39, 0.29) is 33.3 Å². The maximum atomic E-state index is 12.8. The average Bonchev–Trinajstić information content (AvgIpc) is 2.82. The number of sulfonamides is 1. The van der Waals surface area contributed by atoms with Gasteiger partial charge in [-0.3, -0.25) is 14.4 Å². The normalized spacial score (nSPS) is 10.6. The third kappa shape index (κ3) is 8.58. The summed E-state index contributed by atoms with van der Waals surface area (Å²) in [6.45, 7) is 1.92. The Balaban J connectivity index is 0.00000456. The van der Waals surface area contributed by atoms with Gasteiger partial charge in [-0.05, 0) is 42.8 Å². The molecule has 0 aliphatic heterocycles. The second kappa shape index (κ2) is 13.5. The minimum Gasteiger partial charge on any atom is -1.00 e. The predicted molar refractivity (Wildman–Crippen MR) is 131 cm³/mol. The van der Waals surface area contributed by atoms with Gasteiger partial charge in [0.25, 0.3) is 15.9 Å². The number of nitrogens with one attached hydrogen (secondary N) is 3. The van der Waals surface area contributed by atoms with Crippen LogP contribution in [0, 0.1) is 0 Å².